The molecule has 24 heavy (non-hydrogen) atoms. The van der Waals surface area contributed by atoms with E-state index in [2.05, 4.69) is 5.10 Å². The van der Waals surface area contributed by atoms with Gasteiger partial charge in [-0.15, -0.1) is 0 Å². The van der Waals surface area contributed by atoms with Crippen molar-refractivity contribution >= 4 is 0 Å². The smallest absolute Gasteiger partial charge is 0.165 e. The van der Waals surface area contributed by atoms with Crippen LogP contribution in [0.2, 0.25) is 0 Å². The second kappa shape index (κ2) is 7.12. The third kappa shape index (κ3) is 3.90. The van der Waals surface area contributed by atoms with Gasteiger partial charge in [-0.3, -0.25) is 4.68 Å². The van der Waals surface area contributed by atoms with Crippen LogP contribution < -0.4 is 9.47 Å². The summed E-state index contributed by atoms with van der Waals surface area (Å²) >= 11 is 0. The van der Waals surface area contributed by atoms with E-state index in [0.29, 0.717) is 17.9 Å². The summed E-state index contributed by atoms with van der Waals surface area (Å²) in [5.74, 6) is 0.0831. The SMILES string of the molecule is COc1ccc(COc2cnn(Cc3ccc(F)cc3)c2)cc1F. The van der Waals surface area contributed by atoms with E-state index in [0.717, 1.165) is 5.56 Å². The molecule has 0 unspecified atom stereocenters. The highest BCUT2D eigenvalue weighted by Gasteiger charge is 2.05. The van der Waals surface area contributed by atoms with E-state index in [9.17, 15) is 8.78 Å². The lowest BCUT2D eigenvalue weighted by atomic mass is 10.2. The van der Waals surface area contributed by atoms with Gasteiger partial charge in [0, 0.05) is 0 Å². The Labute approximate surface area is 138 Å². The van der Waals surface area contributed by atoms with Gasteiger partial charge in [0.2, 0.25) is 0 Å². The summed E-state index contributed by atoms with van der Waals surface area (Å²) in [6.45, 7) is 0.740. The highest BCUT2D eigenvalue weighted by Crippen LogP contribution is 2.19. The average molecular weight is 330 g/mol. The van der Waals surface area contributed by atoms with Crippen molar-refractivity contribution < 1.29 is 18.3 Å². The van der Waals surface area contributed by atoms with Crippen LogP contribution >= 0.6 is 0 Å². The second-order valence-corrected chi connectivity index (χ2v) is 5.26. The molecular formula is C18H16F2N2O2. The van der Waals surface area contributed by atoms with Gasteiger partial charge >= 0.3 is 0 Å². The summed E-state index contributed by atoms with van der Waals surface area (Å²) in [4.78, 5) is 0. The number of benzene rings is 2. The number of aromatic nitrogens is 2. The summed E-state index contributed by atoms with van der Waals surface area (Å²) in [7, 11) is 1.42. The van der Waals surface area contributed by atoms with Crippen LogP contribution in [0.4, 0.5) is 8.78 Å². The summed E-state index contributed by atoms with van der Waals surface area (Å²) in [5, 5.41) is 4.19. The summed E-state index contributed by atoms with van der Waals surface area (Å²) in [6.07, 6.45) is 3.33. The fourth-order valence-corrected chi connectivity index (χ4v) is 2.25. The molecule has 6 heteroatoms. The van der Waals surface area contributed by atoms with Crippen LogP contribution in [0.15, 0.2) is 54.9 Å². The first-order valence-corrected chi connectivity index (χ1v) is 7.36. The number of halogens is 2. The number of rotatable bonds is 6. The minimum absolute atomic E-state index is 0.200. The highest BCUT2D eigenvalue weighted by atomic mass is 19.1. The number of hydrogen-bond donors (Lipinski definition) is 0. The van der Waals surface area contributed by atoms with E-state index in [4.69, 9.17) is 9.47 Å². The molecule has 0 saturated carbocycles. The van der Waals surface area contributed by atoms with Crippen molar-refractivity contribution in [3.8, 4) is 11.5 Å². The normalized spacial score (nSPS) is 10.6. The van der Waals surface area contributed by atoms with Crippen molar-refractivity contribution in [2.24, 2.45) is 0 Å². The minimum Gasteiger partial charge on any atom is -0.494 e. The van der Waals surface area contributed by atoms with Crippen LogP contribution in [0.25, 0.3) is 0 Å². The average Bonchev–Trinajstić information content (AvgIpc) is 3.03. The Balaban J connectivity index is 1.59. The molecular weight excluding hydrogens is 314 g/mol. The topological polar surface area (TPSA) is 36.3 Å². The Bertz CT molecular complexity index is 816. The van der Waals surface area contributed by atoms with Crippen molar-refractivity contribution in [3.63, 3.8) is 0 Å². The van der Waals surface area contributed by atoms with Gasteiger partial charge in [0.15, 0.2) is 17.3 Å². The van der Waals surface area contributed by atoms with Crippen LogP contribution in [0.3, 0.4) is 0 Å². The quantitative estimate of drug-likeness (QED) is 0.690. The van der Waals surface area contributed by atoms with Crippen molar-refractivity contribution in [2.45, 2.75) is 13.2 Å². The largest absolute Gasteiger partial charge is 0.494 e. The zero-order valence-corrected chi connectivity index (χ0v) is 13.1. The van der Waals surface area contributed by atoms with Crippen molar-refractivity contribution in [3.05, 3.63) is 77.6 Å². The third-order valence-electron chi connectivity index (χ3n) is 3.49. The van der Waals surface area contributed by atoms with E-state index in [-0.39, 0.29) is 18.2 Å². The molecule has 3 aromatic rings. The number of ether oxygens (including phenoxy) is 2. The van der Waals surface area contributed by atoms with Crippen LogP contribution in [-0.4, -0.2) is 16.9 Å². The van der Waals surface area contributed by atoms with Gasteiger partial charge in [-0.05, 0) is 35.4 Å². The summed E-state index contributed by atoms with van der Waals surface area (Å²) in [6, 6.07) is 10.9. The Kier molecular flexibility index (Phi) is 4.74. The predicted octanol–water partition coefficient (Wildman–Crippen LogP) is 3.80. The minimum atomic E-state index is -0.425. The van der Waals surface area contributed by atoms with Crippen LogP contribution in [0.5, 0.6) is 11.5 Å². The fraction of sp³-hybridized carbons (Fsp3) is 0.167. The molecule has 4 nitrogen and oxygen atoms in total. The molecule has 124 valence electrons. The zero-order valence-electron chi connectivity index (χ0n) is 13.1. The van der Waals surface area contributed by atoms with Crippen LogP contribution in [0, 0.1) is 11.6 Å². The second-order valence-electron chi connectivity index (χ2n) is 5.26. The molecule has 0 bridgehead atoms. The monoisotopic (exact) mass is 330 g/mol. The molecule has 1 aromatic heterocycles. The molecule has 0 amide bonds. The zero-order chi connectivity index (χ0) is 16.9. The molecule has 2 aromatic carbocycles. The van der Waals surface area contributed by atoms with E-state index >= 15 is 0 Å². The van der Waals surface area contributed by atoms with Gasteiger partial charge in [-0.2, -0.15) is 5.10 Å². The fourth-order valence-electron chi connectivity index (χ4n) is 2.25. The highest BCUT2D eigenvalue weighted by molar-refractivity contribution is 5.29. The Morgan fingerprint density at radius 3 is 2.50 bits per heavy atom. The van der Waals surface area contributed by atoms with Gasteiger partial charge < -0.3 is 9.47 Å². The molecule has 1 heterocycles. The first-order chi connectivity index (χ1) is 11.6. The van der Waals surface area contributed by atoms with Crippen molar-refractivity contribution in [1.82, 2.24) is 9.78 Å². The molecule has 0 aliphatic carbocycles. The summed E-state index contributed by atoms with van der Waals surface area (Å²) in [5.41, 5.74) is 1.63. The van der Waals surface area contributed by atoms with Crippen molar-refractivity contribution in [1.29, 1.82) is 0 Å². The first-order valence-electron chi connectivity index (χ1n) is 7.36. The lowest BCUT2D eigenvalue weighted by Crippen LogP contribution is -2.00. The van der Waals surface area contributed by atoms with Gasteiger partial charge in [0.1, 0.15) is 12.4 Å². The van der Waals surface area contributed by atoms with Crippen LogP contribution in [-0.2, 0) is 13.2 Å². The number of nitrogens with zero attached hydrogens (tertiary/aromatic N) is 2. The molecule has 3 rings (SSSR count). The molecule has 0 aliphatic rings. The summed E-state index contributed by atoms with van der Waals surface area (Å²) < 4.78 is 38.7. The lowest BCUT2D eigenvalue weighted by Gasteiger charge is -2.06. The van der Waals surface area contributed by atoms with Crippen LogP contribution in [0.1, 0.15) is 11.1 Å². The molecule has 0 N–H and O–H groups in total. The first kappa shape index (κ1) is 16.0. The van der Waals surface area contributed by atoms with Crippen molar-refractivity contribution in [2.75, 3.05) is 7.11 Å². The van der Waals surface area contributed by atoms with Gasteiger partial charge in [-0.25, -0.2) is 8.78 Å². The van der Waals surface area contributed by atoms with Gasteiger partial charge in [-0.1, -0.05) is 18.2 Å². The third-order valence-corrected chi connectivity index (χ3v) is 3.49. The maximum atomic E-state index is 13.6. The number of hydrogen-bond acceptors (Lipinski definition) is 3. The molecule has 0 atom stereocenters. The number of methoxy groups -OCH3 is 1. The van der Waals surface area contributed by atoms with Gasteiger partial charge in [0.25, 0.3) is 0 Å². The molecule has 0 saturated heterocycles. The Hall–Kier alpha value is -2.89. The molecule has 0 spiro atoms. The molecule has 0 radical (unpaired) electrons. The standard InChI is InChI=1S/C18H16F2N2O2/c1-23-18-7-4-14(8-17(18)20)12-24-16-9-21-22(11-16)10-13-2-5-15(19)6-3-13/h2-9,11H,10,12H2,1H3. The molecule has 0 fully saturated rings. The Morgan fingerprint density at radius 1 is 1.04 bits per heavy atom. The predicted molar refractivity (Wildman–Crippen MR) is 85.0 cm³/mol. The van der Waals surface area contributed by atoms with E-state index in [1.165, 1.54) is 25.3 Å². The van der Waals surface area contributed by atoms with E-state index in [1.807, 2.05) is 0 Å². The Morgan fingerprint density at radius 2 is 1.79 bits per heavy atom. The maximum Gasteiger partial charge on any atom is 0.165 e. The molecule has 0 aliphatic heterocycles. The van der Waals surface area contributed by atoms with E-state index < -0.39 is 5.82 Å². The van der Waals surface area contributed by atoms with E-state index in [1.54, 1.807) is 41.3 Å². The maximum absolute atomic E-state index is 13.6. The lowest BCUT2D eigenvalue weighted by molar-refractivity contribution is 0.304. The van der Waals surface area contributed by atoms with Gasteiger partial charge in [0.05, 0.1) is 26.0 Å².